The van der Waals surface area contributed by atoms with Crippen LogP contribution >= 0.6 is 0 Å². The first-order valence-corrected chi connectivity index (χ1v) is 7.49. The monoisotopic (exact) mass is 376 g/mol. The summed E-state index contributed by atoms with van der Waals surface area (Å²) < 4.78 is 38.0. The minimum Gasteiger partial charge on any atom is -0.493 e. The highest BCUT2D eigenvalue weighted by Gasteiger charge is 2.30. The number of carbonyl (C=O) groups excluding carboxylic acids is 2. The summed E-state index contributed by atoms with van der Waals surface area (Å²) in [6.45, 7) is 0. The molecule has 0 spiro atoms. The van der Waals surface area contributed by atoms with Gasteiger partial charge in [-0.15, -0.1) is 10.2 Å². The van der Waals surface area contributed by atoms with Gasteiger partial charge in [-0.3, -0.25) is 9.59 Å². The number of carbonyl (C=O) groups is 2. The zero-order valence-corrected chi connectivity index (χ0v) is 13.4. The summed E-state index contributed by atoms with van der Waals surface area (Å²) >= 11 is 0. The maximum Gasteiger partial charge on any atom is 0.416 e. The number of hydrogen-bond acceptors (Lipinski definition) is 4. The van der Waals surface area contributed by atoms with E-state index in [4.69, 9.17) is 0 Å². The molecule has 7 nitrogen and oxygen atoms in total. The molecule has 0 aliphatic carbocycles. The Morgan fingerprint density at radius 2 is 1.81 bits per heavy atom. The van der Waals surface area contributed by atoms with E-state index >= 15 is 0 Å². The van der Waals surface area contributed by atoms with Crippen LogP contribution in [0.2, 0.25) is 0 Å². The number of azo groups is 1. The number of aromatic amines is 1. The number of hydrogen-bond donors (Lipinski definition) is 3. The van der Waals surface area contributed by atoms with E-state index in [1.165, 1.54) is 6.07 Å². The lowest BCUT2D eigenvalue weighted by Crippen LogP contribution is -2.20. The molecule has 3 N–H and O–H groups in total. The number of fused-ring (bicyclic) bond motifs is 1. The third kappa shape index (κ3) is 3.94. The second-order valence-electron chi connectivity index (χ2n) is 5.41. The minimum absolute atomic E-state index is 0.0363. The van der Waals surface area contributed by atoms with Crippen LogP contribution in [0, 0.1) is 0 Å². The topological polar surface area (TPSA) is 107 Å². The zero-order valence-electron chi connectivity index (χ0n) is 13.4. The fraction of sp³-hybridized carbons (Fsp3) is 0.0588. The molecule has 3 aromatic rings. The van der Waals surface area contributed by atoms with E-state index in [0.29, 0.717) is 17.0 Å². The first-order valence-electron chi connectivity index (χ1n) is 7.49. The summed E-state index contributed by atoms with van der Waals surface area (Å²) in [5.41, 5.74) is -0.679. The summed E-state index contributed by atoms with van der Waals surface area (Å²) in [5, 5.41) is 19.1. The second-order valence-corrected chi connectivity index (χ2v) is 5.41. The van der Waals surface area contributed by atoms with Gasteiger partial charge in [0.25, 0.3) is 0 Å². The number of nitrogens with zero attached hydrogens (tertiary/aromatic N) is 2. The van der Waals surface area contributed by atoms with E-state index in [2.05, 4.69) is 15.2 Å². The van der Waals surface area contributed by atoms with Crippen molar-refractivity contribution in [3.63, 3.8) is 0 Å². The molecule has 0 atom stereocenters. The SMILES string of the molecule is O=C(N=Nc1c(O)[nH]c2ccccc12)C(=O)Nc1cccc(C(F)(F)F)c1. The maximum absolute atomic E-state index is 12.7. The van der Waals surface area contributed by atoms with Gasteiger partial charge in [0.2, 0.25) is 5.88 Å². The molecule has 0 radical (unpaired) electrons. The lowest BCUT2D eigenvalue weighted by atomic mass is 10.2. The molecule has 0 aliphatic heterocycles. The number of benzene rings is 2. The number of nitrogens with one attached hydrogen (secondary N) is 2. The molecule has 10 heteroatoms. The Kier molecular flexibility index (Phi) is 4.63. The molecule has 2 amide bonds. The number of aromatic nitrogens is 1. The first-order chi connectivity index (χ1) is 12.8. The Morgan fingerprint density at radius 1 is 1.07 bits per heavy atom. The number of H-pyrrole nitrogens is 1. The molecule has 0 saturated carbocycles. The largest absolute Gasteiger partial charge is 0.493 e. The fourth-order valence-corrected chi connectivity index (χ4v) is 2.31. The maximum atomic E-state index is 12.7. The molecule has 3 rings (SSSR count). The minimum atomic E-state index is -4.59. The highest BCUT2D eigenvalue weighted by molar-refractivity contribution is 6.40. The highest BCUT2D eigenvalue weighted by atomic mass is 19.4. The molecule has 0 unspecified atom stereocenters. The van der Waals surface area contributed by atoms with Gasteiger partial charge >= 0.3 is 18.0 Å². The van der Waals surface area contributed by atoms with Gasteiger partial charge in [0.05, 0.1) is 11.1 Å². The third-order valence-corrected chi connectivity index (χ3v) is 3.54. The van der Waals surface area contributed by atoms with Crippen LogP contribution in [0.4, 0.5) is 24.5 Å². The quantitative estimate of drug-likeness (QED) is 0.462. The van der Waals surface area contributed by atoms with E-state index in [1.807, 2.05) is 5.32 Å². The van der Waals surface area contributed by atoms with Crippen molar-refractivity contribution in [2.75, 3.05) is 5.32 Å². The van der Waals surface area contributed by atoms with Crippen molar-refractivity contribution < 1.29 is 27.9 Å². The number of alkyl halides is 3. The van der Waals surface area contributed by atoms with Gasteiger partial charge < -0.3 is 15.4 Å². The summed E-state index contributed by atoms with van der Waals surface area (Å²) in [5.74, 6) is -2.94. The van der Waals surface area contributed by atoms with Crippen LogP contribution in [0.1, 0.15) is 5.56 Å². The highest BCUT2D eigenvalue weighted by Crippen LogP contribution is 2.35. The molecule has 1 aromatic heterocycles. The molecular formula is C17H11F3N4O3. The number of anilines is 1. The Labute approximate surface area is 149 Å². The Bertz CT molecular complexity index is 1060. The van der Waals surface area contributed by atoms with Crippen molar-refractivity contribution in [3.05, 3.63) is 54.1 Å². The van der Waals surface area contributed by atoms with E-state index in [-0.39, 0.29) is 17.3 Å². The third-order valence-electron chi connectivity index (χ3n) is 3.54. The van der Waals surface area contributed by atoms with Crippen molar-refractivity contribution in [2.45, 2.75) is 6.18 Å². The Hall–Kier alpha value is -3.69. The molecule has 0 aliphatic rings. The Balaban J connectivity index is 1.75. The number of aromatic hydroxyl groups is 1. The lowest BCUT2D eigenvalue weighted by molar-refractivity contribution is -0.137. The van der Waals surface area contributed by atoms with Crippen LogP contribution in [0.5, 0.6) is 5.88 Å². The summed E-state index contributed by atoms with van der Waals surface area (Å²) in [6, 6.07) is 10.5. The van der Waals surface area contributed by atoms with E-state index in [0.717, 1.165) is 12.1 Å². The van der Waals surface area contributed by atoms with Crippen LogP contribution in [0.3, 0.4) is 0 Å². The van der Waals surface area contributed by atoms with Gasteiger partial charge in [-0.25, -0.2) is 0 Å². The molecule has 0 bridgehead atoms. The number of halogens is 3. The van der Waals surface area contributed by atoms with Crippen LogP contribution in [0.15, 0.2) is 58.8 Å². The molecule has 1 heterocycles. The molecule has 27 heavy (non-hydrogen) atoms. The van der Waals surface area contributed by atoms with Crippen molar-refractivity contribution >= 4 is 34.1 Å². The fourth-order valence-electron chi connectivity index (χ4n) is 2.31. The molecule has 2 aromatic carbocycles. The van der Waals surface area contributed by atoms with E-state index in [9.17, 15) is 27.9 Å². The van der Waals surface area contributed by atoms with Crippen molar-refractivity contribution in [1.82, 2.24) is 4.98 Å². The van der Waals surface area contributed by atoms with Gasteiger partial charge in [-0.05, 0) is 24.3 Å². The predicted molar refractivity (Wildman–Crippen MR) is 89.6 cm³/mol. The van der Waals surface area contributed by atoms with E-state index in [1.54, 1.807) is 24.3 Å². The van der Waals surface area contributed by atoms with Crippen LogP contribution in [-0.4, -0.2) is 21.9 Å². The van der Waals surface area contributed by atoms with Gasteiger partial charge in [0.1, 0.15) is 0 Å². The standard InChI is InChI=1S/C17H11F3N4O3/c18-17(19,20)9-4-3-5-10(8-9)21-15(26)16(27)24-23-13-11-6-1-2-7-12(11)22-14(13)25/h1-8,22,25H,(H,21,26). The van der Waals surface area contributed by atoms with Gasteiger partial charge in [0, 0.05) is 11.1 Å². The average Bonchev–Trinajstić information content (AvgIpc) is 2.94. The van der Waals surface area contributed by atoms with Crippen molar-refractivity contribution in [2.24, 2.45) is 10.2 Å². The Morgan fingerprint density at radius 3 is 2.56 bits per heavy atom. The number of rotatable bonds is 2. The normalized spacial score (nSPS) is 11.8. The van der Waals surface area contributed by atoms with Gasteiger partial charge in [-0.2, -0.15) is 13.2 Å². The second kappa shape index (κ2) is 6.90. The molecule has 0 fully saturated rings. The van der Waals surface area contributed by atoms with Gasteiger partial charge in [-0.1, -0.05) is 24.3 Å². The number of para-hydroxylation sites is 1. The molecule has 0 saturated heterocycles. The zero-order chi connectivity index (χ0) is 19.6. The average molecular weight is 376 g/mol. The van der Waals surface area contributed by atoms with E-state index < -0.39 is 23.6 Å². The smallest absolute Gasteiger partial charge is 0.416 e. The van der Waals surface area contributed by atoms with Crippen LogP contribution < -0.4 is 5.32 Å². The molecule has 138 valence electrons. The summed E-state index contributed by atoms with van der Waals surface area (Å²) in [6.07, 6.45) is -4.59. The number of amides is 2. The van der Waals surface area contributed by atoms with Crippen molar-refractivity contribution in [1.29, 1.82) is 0 Å². The molecular weight excluding hydrogens is 365 g/mol. The van der Waals surface area contributed by atoms with Crippen molar-refractivity contribution in [3.8, 4) is 5.88 Å². The first kappa shape index (κ1) is 18.1. The summed E-state index contributed by atoms with van der Waals surface area (Å²) in [4.78, 5) is 26.2. The van der Waals surface area contributed by atoms with Gasteiger partial charge in [0.15, 0.2) is 5.69 Å². The lowest BCUT2D eigenvalue weighted by Gasteiger charge is -2.08. The van der Waals surface area contributed by atoms with Crippen LogP contribution in [0.25, 0.3) is 10.9 Å². The predicted octanol–water partition coefficient (Wildman–Crippen LogP) is 4.14. The van der Waals surface area contributed by atoms with Crippen LogP contribution in [-0.2, 0) is 15.8 Å². The summed E-state index contributed by atoms with van der Waals surface area (Å²) in [7, 11) is 0.